The van der Waals surface area contributed by atoms with Crippen LogP contribution in [0.3, 0.4) is 0 Å². The smallest absolute Gasteiger partial charge is 0.411 e. The molecule has 9 nitrogen and oxygen atoms in total. The highest BCUT2D eigenvalue weighted by Crippen LogP contribution is 2.40. The molecule has 5 rings (SSSR count). The summed E-state index contributed by atoms with van der Waals surface area (Å²) >= 11 is 6.33. The fourth-order valence-corrected chi connectivity index (χ4v) is 5.03. The number of hydrogen-bond acceptors (Lipinski definition) is 7. The first-order chi connectivity index (χ1) is 16.2. The first-order valence-electron chi connectivity index (χ1n) is 11.7. The molecule has 180 valence electrons. The van der Waals surface area contributed by atoms with Crippen molar-refractivity contribution in [1.82, 2.24) is 29.8 Å². The summed E-state index contributed by atoms with van der Waals surface area (Å²) in [7, 11) is 0. The maximum Gasteiger partial charge on any atom is 0.411 e. The Bertz CT molecular complexity index is 1210. The lowest BCUT2D eigenvalue weighted by Crippen LogP contribution is -2.35. The molecule has 2 aromatic heterocycles. The van der Waals surface area contributed by atoms with E-state index in [1.54, 1.807) is 4.90 Å². The predicted molar refractivity (Wildman–Crippen MR) is 125 cm³/mol. The number of rotatable bonds is 2. The van der Waals surface area contributed by atoms with Crippen LogP contribution in [0.5, 0.6) is 0 Å². The van der Waals surface area contributed by atoms with E-state index in [9.17, 15) is 4.79 Å². The van der Waals surface area contributed by atoms with Crippen molar-refractivity contribution < 1.29 is 14.1 Å². The van der Waals surface area contributed by atoms with Crippen molar-refractivity contribution in [2.75, 3.05) is 0 Å². The average Bonchev–Trinajstić information content (AvgIpc) is 3.35. The van der Waals surface area contributed by atoms with Crippen LogP contribution in [0.2, 0.25) is 5.02 Å². The highest BCUT2D eigenvalue weighted by atomic mass is 35.5. The van der Waals surface area contributed by atoms with Gasteiger partial charge >= 0.3 is 6.09 Å². The first kappa shape index (κ1) is 22.8. The Kier molecular flexibility index (Phi) is 5.83. The zero-order valence-corrected chi connectivity index (χ0v) is 20.7. The molecular weight excluding hydrogens is 456 g/mol. The number of amides is 1. The molecule has 0 spiro atoms. The van der Waals surface area contributed by atoms with E-state index < -0.39 is 5.60 Å². The van der Waals surface area contributed by atoms with Crippen molar-refractivity contribution in [2.45, 2.75) is 83.9 Å². The van der Waals surface area contributed by atoms with Crippen molar-refractivity contribution in [2.24, 2.45) is 0 Å². The van der Waals surface area contributed by atoms with Crippen molar-refractivity contribution in [3.05, 3.63) is 52.1 Å². The van der Waals surface area contributed by atoms with Gasteiger partial charge in [-0.25, -0.2) is 4.79 Å². The van der Waals surface area contributed by atoms with Gasteiger partial charge in [0, 0.05) is 23.8 Å². The van der Waals surface area contributed by atoms with Gasteiger partial charge in [0.05, 0.1) is 18.8 Å². The normalized spacial score (nSPS) is 20.4. The predicted octanol–water partition coefficient (Wildman–Crippen LogP) is 5.30. The van der Waals surface area contributed by atoms with E-state index in [4.69, 9.17) is 20.9 Å². The van der Waals surface area contributed by atoms with Crippen molar-refractivity contribution >= 4 is 17.7 Å². The Morgan fingerprint density at radius 1 is 1.12 bits per heavy atom. The molecule has 0 N–H and O–H groups in total. The molecule has 1 aliphatic carbocycles. The highest BCUT2D eigenvalue weighted by molar-refractivity contribution is 6.30. The van der Waals surface area contributed by atoms with Gasteiger partial charge in [-0.15, -0.1) is 10.2 Å². The summed E-state index contributed by atoms with van der Waals surface area (Å²) in [5.41, 5.74) is 1.31. The molecule has 1 fully saturated rings. The fourth-order valence-electron chi connectivity index (χ4n) is 4.84. The van der Waals surface area contributed by atoms with Crippen LogP contribution in [0.25, 0.3) is 5.69 Å². The molecule has 1 aliphatic heterocycles. The number of fused-ring (bicyclic) bond motifs is 3. The third-order valence-electron chi connectivity index (χ3n) is 6.38. The number of hydrogen-bond donors (Lipinski definition) is 0. The number of nitrogens with zero attached hydrogens (tertiary/aromatic N) is 6. The summed E-state index contributed by atoms with van der Waals surface area (Å²) in [6.07, 6.45) is 3.45. The molecule has 3 heterocycles. The first-order valence-corrected chi connectivity index (χ1v) is 12.1. The second kappa shape index (κ2) is 8.69. The van der Waals surface area contributed by atoms with Gasteiger partial charge in [-0.2, -0.15) is 4.98 Å². The van der Waals surface area contributed by atoms with Gasteiger partial charge in [0.15, 0.2) is 11.6 Å². The van der Waals surface area contributed by atoms with Gasteiger partial charge in [0.1, 0.15) is 11.4 Å². The molecule has 1 amide bonds. The molecule has 1 aromatic carbocycles. The number of aromatic nitrogens is 5. The maximum absolute atomic E-state index is 12.9. The van der Waals surface area contributed by atoms with E-state index in [-0.39, 0.29) is 12.0 Å². The molecule has 2 aliphatic rings. The molecule has 34 heavy (non-hydrogen) atoms. The minimum absolute atomic E-state index is 0.252. The number of benzene rings is 1. The summed E-state index contributed by atoms with van der Waals surface area (Å²) in [5, 5.41) is 13.9. The second-order valence-corrected chi connectivity index (χ2v) is 10.6. The number of carbonyl (C=O) groups is 1. The van der Waals surface area contributed by atoms with Crippen molar-refractivity contribution in [3.8, 4) is 5.69 Å². The maximum atomic E-state index is 12.9. The molecule has 0 atom stereocenters. The number of halogens is 1. The van der Waals surface area contributed by atoms with Gasteiger partial charge in [-0.3, -0.25) is 9.47 Å². The SMILES string of the molecule is Cc1nc(C2CCC(c3nnc4n3-c3ccc(Cl)cc3CN(C(=O)OC(C)(C)C)C4)CC2)no1. The molecule has 0 unspecified atom stereocenters. The third kappa shape index (κ3) is 4.53. The van der Waals surface area contributed by atoms with E-state index >= 15 is 0 Å². The monoisotopic (exact) mass is 484 g/mol. The van der Waals surface area contributed by atoms with Crippen LogP contribution in [0.15, 0.2) is 22.7 Å². The minimum Gasteiger partial charge on any atom is -0.444 e. The molecule has 0 bridgehead atoms. The summed E-state index contributed by atoms with van der Waals surface area (Å²) in [5.74, 6) is 3.59. The Morgan fingerprint density at radius 2 is 1.85 bits per heavy atom. The minimum atomic E-state index is -0.588. The molecule has 0 radical (unpaired) electrons. The Labute approximate surface area is 203 Å². The topological polar surface area (TPSA) is 99.2 Å². The lowest BCUT2D eigenvalue weighted by atomic mass is 9.81. The molecule has 3 aromatic rings. The third-order valence-corrected chi connectivity index (χ3v) is 6.62. The standard InChI is InChI=1S/C24H29ClN6O3/c1-14-26-21(29-34-14)15-5-7-16(8-6-15)22-28-27-20-13-30(23(32)33-24(2,3)4)12-17-11-18(25)9-10-19(17)31(20)22/h9-11,15-16H,5-8,12-13H2,1-4H3. The Hall–Kier alpha value is -2.94. The van der Waals surface area contributed by atoms with Crippen LogP contribution in [0.1, 0.15) is 87.2 Å². The fraction of sp³-hybridized carbons (Fsp3) is 0.542. The number of ether oxygens (including phenoxy) is 1. The van der Waals surface area contributed by atoms with E-state index in [1.165, 1.54) is 0 Å². The van der Waals surface area contributed by atoms with Gasteiger partial charge in [-0.1, -0.05) is 16.8 Å². The largest absolute Gasteiger partial charge is 0.444 e. The average molecular weight is 485 g/mol. The van der Waals surface area contributed by atoms with Gasteiger partial charge < -0.3 is 9.26 Å². The van der Waals surface area contributed by atoms with Gasteiger partial charge in [-0.05, 0) is 70.2 Å². The highest BCUT2D eigenvalue weighted by Gasteiger charge is 2.34. The van der Waals surface area contributed by atoms with Crippen LogP contribution < -0.4 is 0 Å². The second-order valence-electron chi connectivity index (χ2n) is 10.1. The lowest BCUT2D eigenvalue weighted by molar-refractivity contribution is 0.0214. The van der Waals surface area contributed by atoms with E-state index in [1.807, 2.05) is 45.9 Å². The van der Waals surface area contributed by atoms with Crippen LogP contribution in [-0.4, -0.2) is 41.5 Å². The zero-order valence-electron chi connectivity index (χ0n) is 19.9. The van der Waals surface area contributed by atoms with Crippen molar-refractivity contribution in [3.63, 3.8) is 0 Å². The zero-order chi connectivity index (χ0) is 24.0. The lowest BCUT2D eigenvalue weighted by Gasteiger charge is -2.26. The van der Waals surface area contributed by atoms with Crippen LogP contribution in [-0.2, 0) is 17.8 Å². The number of aryl methyl sites for hydroxylation is 1. The summed E-state index contributed by atoms with van der Waals surface area (Å²) in [6.45, 7) is 8.10. The summed E-state index contributed by atoms with van der Waals surface area (Å²) < 4.78 is 12.9. The quantitative estimate of drug-likeness (QED) is 0.486. The van der Waals surface area contributed by atoms with Crippen molar-refractivity contribution in [1.29, 1.82) is 0 Å². The number of carbonyl (C=O) groups excluding carboxylic acids is 1. The Morgan fingerprint density at radius 3 is 2.53 bits per heavy atom. The van der Waals surface area contributed by atoms with E-state index in [0.717, 1.165) is 54.4 Å². The molecule has 1 saturated carbocycles. The summed E-state index contributed by atoms with van der Waals surface area (Å²) in [6, 6.07) is 5.76. The summed E-state index contributed by atoms with van der Waals surface area (Å²) in [4.78, 5) is 19.0. The van der Waals surface area contributed by atoms with Gasteiger partial charge in [0.2, 0.25) is 5.89 Å². The Balaban J connectivity index is 1.44. The molecule has 0 saturated heterocycles. The van der Waals surface area contributed by atoms with Crippen LogP contribution >= 0.6 is 11.6 Å². The molecular formula is C24H29ClN6O3. The van der Waals surface area contributed by atoms with Gasteiger partial charge in [0.25, 0.3) is 0 Å². The van der Waals surface area contributed by atoms with E-state index in [0.29, 0.717) is 29.9 Å². The van der Waals surface area contributed by atoms with Crippen LogP contribution in [0.4, 0.5) is 4.79 Å². The van der Waals surface area contributed by atoms with Crippen LogP contribution in [0, 0.1) is 6.92 Å². The van der Waals surface area contributed by atoms with E-state index in [2.05, 4.69) is 24.9 Å². The molecule has 10 heteroatoms.